The molecule has 0 unspecified atom stereocenters. The second-order valence-electron chi connectivity index (χ2n) is 3.65. The van der Waals surface area contributed by atoms with Gasteiger partial charge >= 0.3 is 5.97 Å². The maximum absolute atomic E-state index is 11.9. The molecular weight excluding hydrogens is 303 g/mol. The summed E-state index contributed by atoms with van der Waals surface area (Å²) in [5.41, 5.74) is 0.0936. The molecule has 20 heavy (non-hydrogen) atoms. The van der Waals surface area contributed by atoms with Gasteiger partial charge in [-0.3, -0.25) is 0 Å². The maximum atomic E-state index is 11.9. The standard InChI is InChI=1S/C13H6Cl2N2O3/c14-8-2-3-9(10(15)5-8)13(19)20-11-4-1-7(6-16)12(18)17-11/h1-5H,(H,17,18). The van der Waals surface area contributed by atoms with E-state index < -0.39 is 11.8 Å². The van der Waals surface area contributed by atoms with Gasteiger partial charge in [-0.25, -0.2) is 4.79 Å². The van der Waals surface area contributed by atoms with Crippen LogP contribution in [0.5, 0.6) is 11.8 Å². The fourth-order valence-corrected chi connectivity index (χ4v) is 1.87. The lowest BCUT2D eigenvalue weighted by Crippen LogP contribution is -2.10. The average Bonchev–Trinajstić information content (AvgIpc) is 2.38. The molecule has 7 heteroatoms. The molecule has 1 aromatic heterocycles. The Labute approximate surface area is 124 Å². The van der Waals surface area contributed by atoms with Gasteiger partial charge in [0.05, 0.1) is 10.6 Å². The van der Waals surface area contributed by atoms with Crippen LogP contribution in [0.15, 0.2) is 30.3 Å². The van der Waals surface area contributed by atoms with Crippen molar-refractivity contribution in [3.63, 3.8) is 0 Å². The number of hydrogen-bond acceptors (Lipinski definition) is 5. The monoisotopic (exact) mass is 308 g/mol. The summed E-state index contributed by atoms with van der Waals surface area (Å²) in [6.07, 6.45) is 0. The largest absolute Gasteiger partial charge is 0.492 e. The minimum atomic E-state index is -0.747. The molecule has 0 aliphatic heterocycles. The predicted octanol–water partition coefficient (Wildman–Crippen LogP) is 3.18. The number of aromatic hydroxyl groups is 1. The van der Waals surface area contributed by atoms with Gasteiger partial charge in [0.1, 0.15) is 11.6 Å². The molecule has 0 spiro atoms. The lowest BCUT2D eigenvalue weighted by atomic mass is 10.2. The van der Waals surface area contributed by atoms with E-state index in [1.54, 1.807) is 6.07 Å². The number of pyridine rings is 1. The average molecular weight is 309 g/mol. The van der Waals surface area contributed by atoms with E-state index >= 15 is 0 Å². The smallest absolute Gasteiger partial charge is 0.346 e. The lowest BCUT2D eigenvalue weighted by molar-refractivity contribution is 0.0727. The highest BCUT2D eigenvalue weighted by Crippen LogP contribution is 2.23. The molecule has 0 saturated heterocycles. The number of nitriles is 1. The van der Waals surface area contributed by atoms with Crippen LogP contribution in [-0.4, -0.2) is 16.1 Å². The summed E-state index contributed by atoms with van der Waals surface area (Å²) in [5, 5.41) is 18.6. The number of hydrogen-bond donors (Lipinski definition) is 1. The molecule has 0 atom stereocenters. The third-order valence-corrected chi connectivity index (χ3v) is 2.87. The van der Waals surface area contributed by atoms with Crippen molar-refractivity contribution in [2.75, 3.05) is 0 Å². The van der Waals surface area contributed by atoms with E-state index in [-0.39, 0.29) is 22.0 Å². The van der Waals surface area contributed by atoms with Crippen LogP contribution in [0, 0.1) is 11.3 Å². The van der Waals surface area contributed by atoms with Gasteiger partial charge in [-0.2, -0.15) is 10.2 Å². The van der Waals surface area contributed by atoms with E-state index in [2.05, 4.69) is 4.98 Å². The molecule has 0 aliphatic rings. The van der Waals surface area contributed by atoms with Crippen LogP contribution in [0.1, 0.15) is 15.9 Å². The van der Waals surface area contributed by atoms with Gasteiger partial charge < -0.3 is 9.84 Å². The van der Waals surface area contributed by atoms with Crippen LogP contribution < -0.4 is 4.74 Å². The van der Waals surface area contributed by atoms with Crippen molar-refractivity contribution in [1.29, 1.82) is 5.26 Å². The maximum Gasteiger partial charge on any atom is 0.346 e. The Balaban J connectivity index is 2.24. The highest BCUT2D eigenvalue weighted by molar-refractivity contribution is 6.36. The Morgan fingerprint density at radius 3 is 2.65 bits per heavy atom. The molecule has 0 amide bonds. The molecule has 2 aromatic rings. The summed E-state index contributed by atoms with van der Waals surface area (Å²) in [7, 11) is 0. The Hall–Kier alpha value is -2.29. The van der Waals surface area contributed by atoms with Crippen molar-refractivity contribution in [2.45, 2.75) is 0 Å². The van der Waals surface area contributed by atoms with Gasteiger partial charge in [0.25, 0.3) is 0 Å². The zero-order chi connectivity index (χ0) is 14.7. The Bertz CT molecular complexity index is 726. The fraction of sp³-hybridized carbons (Fsp3) is 0. The molecule has 0 bridgehead atoms. The number of rotatable bonds is 2. The molecule has 1 aromatic carbocycles. The second-order valence-corrected chi connectivity index (χ2v) is 4.49. The number of carbonyl (C=O) groups is 1. The van der Waals surface area contributed by atoms with Gasteiger partial charge in [-0.15, -0.1) is 0 Å². The van der Waals surface area contributed by atoms with E-state index in [0.717, 1.165) is 0 Å². The molecule has 0 saturated carbocycles. The first kappa shape index (κ1) is 14.1. The summed E-state index contributed by atoms with van der Waals surface area (Å²) >= 11 is 11.6. The van der Waals surface area contributed by atoms with Gasteiger partial charge in [-0.05, 0) is 24.3 Å². The summed E-state index contributed by atoms with van der Waals surface area (Å²) in [6, 6.07) is 8.62. The van der Waals surface area contributed by atoms with E-state index in [1.807, 2.05) is 0 Å². The van der Waals surface area contributed by atoms with Crippen LogP contribution in [0.4, 0.5) is 0 Å². The van der Waals surface area contributed by atoms with Crippen molar-refractivity contribution in [3.8, 4) is 17.8 Å². The van der Waals surface area contributed by atoms with Crippen molar-refractivity contribution >= 4 is 29.2 Å². The zero-order valence-corrected chi connectivity index (χ0v) is 11.3. The highest BCUT2D eigenvalue weighted by Gasteiger charge is 2.15. The van der Waals surface area contributed by atoms with E-state index in [9.17, 15) is 9.90 Å². The number of halogens is 2. The predicted molar refractivity (Wildman–Crippen MR) is 72.0 cm³/mol. The third kappa shape index (κ3) is 2.99. The molecule has 2 rings (SSSR count). The number of benzene rings is 1. The Kier molecular flexibility index (Phi) is 4.08. The Morgan fingerprint density at radius 1 is 1.30 bits per heavy atom. The number of ether oxygens (including phenoxy) is 1. The summed E-state index contributed by atoms with van der Waals surface area (Å²) in [4.78, 5) is 15.5. The number of aromatic nitrogens is 1. The van der Waals surface area contributed by atoms with Crippen LogP contribution in [0.2, 0.25) is 10.0 Å². The normalized spacial score (nSPS) is 9.85. The number of esters is 1. The topological polar surface area (TPSA) is 83.2 Å². The molecule has 5 nitrogen and oxygen atoms in total. The van der Waals surface area contributed by atoms with E-state index in [0.29, 0.717) is 5.02 Å². The number of carbonyl (C=O) groups excluding carboxylic acids is 1. The molecular formula is C13H6Cl2N2O3. The van der Waals surface area contributed by atoms with Gasteiger partial charge in [-0.1, -0.05) is 23.2 Å². The minimum Gasteiger partial charge on any atom is -0.492 e. The first-order valence-electron chi connectivity index (χ1n) is 5.28. The van der Waals surface area contributed by atoms with E-state index in [4.69, 9.17) is 33.2 Å². The summed E-state index contributed by atoms with van der Waals surface area (Å²) in [6.45, 7) is 0. The fourth-order valence-electron chi connectivity index (χ4n) is 1.38. The molecule has 0 aliphatic carbocycles. The molecule has 1 heterocycles. The summed E-state index contributed by atoms with van der Waals surface area (Å²) < 4.78 is 4.95. The molecule has 1 N–H and O–H groups in total. The lowest BCUT2D eigenvalue weighted by Gasteiger charge is -2.06. The van der Waals surface area contributed by atoms with Crippen molar-refractivity contribution in [1.82, 2.24) is 4.98 Å². The van der Waals surface area contributed by atoms with E-state index in [1.165, 1.54) is 30.3 Å². The zero-order valence-electron chi connectivity index (χ0n) is 9.80. The first-order chi connectivity index (χ1) is 9.51. The molecule has 0 radical (unpaired) electrons. The number of nitrogens with zero attached hydrogens (tertiary/aromatic N) is 2. The Morgan fingerprint density at radius 2 is 2.05 bits per heavy atom. The van der Waals surface area contributed by atoms with Crippen LogP contribution in [0.3, 0.4) is 0 Å². The summed E-state index contributed by atoms with van der Waals surface area (Å²) in [5.74, 6) is -1.40. The second kappa shape index (κ2) is 5.78. The van der Waals surface area contributed by atoms with Crippen molar-refractivity contribution in [2.24, 2.45) is 0 Å². The van der Waals surface area contributed by atoms with Gasteiger partial charge in [0, 0.05) is 11.1 Å². The SMILES string of the molecule is N#Cc1ccc(OC(=O)c2ccc(Cl)cc2Cl)nc1O. The van der Waals surface area contributed by atoms with Gasteiger partial charge in [0.15, 0.2) is 0 Å². The highest BCUT2D eigenvalue weighted by atomic mass is 35.5. The van der Waals surface area contributed by atoms with Gasteiger partial charge in [0.2, 0.25) is 11.8 Å². The van der Waals surface area contributed by atoms with Crippen LogP contribution >= 0.6 is 23.2 Å². The molecule has 100 valence electrons. The molecule has 0 fully saturated rings. The van der Waals surface area contributed by atoms with Crippen molar-refractivity contribution in [3.05, 3.63) is 51.5 Å². The quantitative estimate of drug-likeness (QED) is 0.861. The van der Waals surface area contributed by atoms with Crippen LogP contribution in [-0.2, 0) is 0 Å². The third-order valence-electron chi connectivity index (χ3n) is 2.32. The van der Waals surface area contributed by atoms with Crippen molar-refractivity contribution < 1.29 is 14.6 Å². The minimum absolute atomic E-state index is 0.0191. The first-order valence-corrected chi connectivity index (χ1v) is 6.04. The van der Waals surface area contributed by atoms with Crippen LogP contribution in [0.25, 0.3) is 0 Å².